The van der Waals surface area contributed by atoms with Gasteiger partial charge in [-0.1, -0.05) is 30.3 Å². The first-order chi connectivity index (χ1) is 12.6. The van der Waals surface area contributed by atoms with Crippen molar-refractivity contribution in [1.82, 2.24) is 15.1 Å². The largest absolute Gasteiger partial charge is 0.481 e. The maximum Gasteiger partial charge on any atom is 0.311 e. The Bertz CT molecular complexity index is 780. The minimum atomic E-state index is -0.654. The summed E-state index contributed by atoms with van der Waals surface area (Å²) in [4.78, 5) is 16.4. The van der Waals surface area contributed by atoms with Gasteiger partial charge >= 0.3 is 5.97 Å². The fraction of sp³-hybridized carbons (Fsp3) is 0.450. The van der Waals surface area contributed by atoms with E-state index in [2.05, 4.69) is 20.0 Å². The zero-order chi connectivity index (χ0) is 18.1. The van der Waals surface area contributed by atoms with Crippen LogP contribution >= 0.6 is 0 Å². The number of hydrogen-bond acceptors (Lipinski definition) is 5. The molecule has 2 atom stereocenters. The molecule has 0 unspecified atom stereocenters. The lowest BCUT2D eigenvalue weighted by Gasteiger charge is -2.52. The number of aromatic nitrogens is 2. The average Bonchev–Trinajstić information content (AvgIpc) is 2.69. The summed E-state index contributed by atoms with van der Waals surface area (Å²) in [6, 6.07) is 14.0. The number of fused-ring (bicyclic) bond motifs is 1. The molecule has 136 valence electrons. The molecule has 0 saturated carbocycles. The number of rotatable bonds is 3. The molecule has 6 nitrogen and oxygen atoms in total. The van der Waals surface area contributed by atoms with Gasteiger partial charge in [0.05, 0.1) is 11.1 Å². The average molecular weight is 352 g/mol. The molecular weight excluding hydrogens is 328 g/mol. The first kappa shape index (κ1) is 17.0. The maximum atomic E-state index is 12.0. The van der Waals surface area contributed by atoms with E-state index in [4.69, 9.17) is 0 Å². The predicted octanol–water partition coefficient (Wildman–Crippen LogP) is 2.52. The smallest absolute Gasteiger partial charge is 0.311 e. The molecule has 6 heteroatoms. The summed E-state index contributed by atoms with van der Waals surface area (Å²) in [7, 11) is 2.04. The van der Waals surface area contributed by atoms with Gasteiger partial charge in [0.15, 0.2) is 5.82 Å². The first-order valence-electron chi connectivity index (χ1n) is 9.18. The molecule has 1 aromatic heterocycles. The second-order valence-electron chi connectivity index (χ2n) is 7.40. The third-order valence-corrected chi connectivity index (χ3v) is 5.99. The predicted molar refractivity (Wildman–Crippen MR) is 100 cm³/mol. The Kier molecular flexibility index (Phi) is 4.36. The number of likely N-dealkylation sites (N-methyl/N-ethyl adjacent to an activating group) is 1. The highest BCUT2D eigenvalue weighted by Gasteiger charge is 2.52. The molecule has 4 rings (SSSR count). The molecule has 2 aliphatic rings. The van der Waals surface area contributed by atoms with Crippen LogP contribution in [0.1, 0.15) is 19.3 Å². The Hall–Kier alpha value is -2.47. The number of carboxylic acids is 1. The summed E-state index contributed by atoms with van der Waals surface area (Å²) >= 11 is 0. The molecule has 0 spiro atoms. The topological polar surface area (TPSA) is 69.6 Å². The van der Waals surface area contributed by atoms with Crippen LogP contribution in [0.3, 0.4) is 0 Å². The molecule has 2 saturated heterocycles. The lowest BCUT2D eigenvalue weighted by molar-refractivity contribution is -0.158. The molecule has 1 N–H and O–H groups in total. The van der Waals surface area contributed by atoms with Gasteiger partial charge in [0.25, 0.3) is 0 Å². The molecule has 1 aromatic carbocycles. The standard InChI is InChI=1S/C20H24N4O2/c1-23-12-5-10-20(19(25)26)11-13-24(14-17(20)23)18-9-8-16(21-22-18)15-6-3-2-4-7-15/h2-4,6-9,17H,5,10-14H2,1H3,(H,25,26)/t17-,20+/m1/s1. The number of piperidine rings is 2. The number of hydrogen-bond donors (Lipinski definition) is 1. The van der Waals surface area contributed by atoms with Gasteiger partial charge in [0, 0.05) is 24.7 Å². The van der Waals surface area contributed by atoms with E-state index in [9.17, 15) is 9.90 Å². The van der Waals surface area contributed by atoms with Crippen molar-refractivity contribution < 1.29 is 9.90 Å². The molecule has 2 aromatic rings. The lowest BCUT2D eigenvalue weighted by atomic mass is 9.68. The Morgan fingerprint density at radius 3 is 2.62 bits per heavy atom. The lowest BCUT2D eigenvalue weighted by Crippen LogP contribution is -2.63. The zero-order valence-electron chi connectivity index (χ0n) is 15.0. The summed E-state index contributed by atoms with van der Waals surface area (Å²) in [5, 5.41) is 18.7. The number of anilines is 1. The van der Waals surface area contributed by atoms with Crippen molar-refractivity contribution in [3.63, 3.8) is 0 Å². The van der Waals surface area contributed by atoms with Crippen LogP contribution in [0.2, 0.25) is 0 Å². The summed E-state index contributed by atoms with van der Waals surface area (Å²) in [5.74, 6) is 0.168. The first-order valence-corrected chi connectivity index (χ1v) is 9.18. The van der Waals surface area contributed by atoms with Gasteiger partial charge in [-0.25, -0.2) is 0 Å². The zero-order valence-corrected chi connectivity index (χ0v) is 15.0. The third kappa shape index (κ3) is 2.84. The molecule has 0 bridgehead atoms. The monoisotopic (exact) mass is 352 g/mol. The molecule has 26 heavy (non-hydrogen) atoms. The van der Waals surface area contributed by atoms with E-state index in [1.807, 2.05) is 49.5 Å². The Labute approximate surface area is 153 Å². The minimum Gasteiger partial charge on any atom is -0.481 e. The van der Waals surface area contributed by atoms with Crippen LogP contribution in [0.4, 0.5) is 5.82 Å². The fourth-order valence-corrected chi connectivity index (χ4v) is 4.45. The minimum absolute atomic E-state index is 0.0121. The van der Waals surface area contributed by atoms with Crippen molar-refractivity contribution in [1.29, 1.82) is 0 Å². The van der Waals surface area contributed by atoms with Crippen LogP contribution in [0.5, 0.6) is 0 Å². The van der Waals surface area contributed by atoms with Crippen LogP contribution < -0.4 is 4.90 Å². The quantitative estimate of drug-likeness (QED) is 0.915. The van der Waals surface area contributed by atoms with Crippen molar-refractivity contribution in [2.45, 2.75) is 25.3 Å². The van der Waals surface area contributed by atoms with Gasteiger partial charge in [0.1, 0.15) is 0 Å². The Morgan fingerprint density at radius 1 is 1.12 bits per heavy atom. The number of benzene rings is 1. The number of nitrogens with zero attached hydrogens (tertiary/aromatic N) is 4. The van der Waals surface area contributed by atoms with E-state index >= 15 is 0 Å². The van der Waals surface area contributed by atoms with Crippen LogP contribution in [0, 0.1) is 5.41 Å². The van der Waals surface area contributed by atoms with Crippen molar-refractivity contribution in [3.05, 3.63) is 42.5 Å². The fourth-order valence-electron chi connectivity index (χ4n) is 4.45. The summed E-state index contributed by atoms with van der Waals surface area (Å²) in [6.45, 7) is 2.34. The van der Waals surface area contributed by atoms with Gasteiger partial charge in [0.2, 0.25) is 0 Å². The van der Waals surface area contributed by atoms with Crippen molar-refractivity contribution >= 4 is 11.8 Å². The van der Waals surface area contributed by atoms with Gasteiger partial charge < -0.3 is 14.9 Å². The van der Waals surface area contributed by atoms with E-state index in [0.29, 0.717) is 19.5 Å². The third-order valence-electron chi connectivity index (χ3n) is 5.99. The second-order valence-corrected chi connectivity index (χ2v) is 7.40. The summed E-state index contributed by atoms with van der Waals surface area (Å²) in [5.41, 5.74) is 1.27. The van der Waals surface area contributed by atoms with Gasteiger partial charge in [-0.2, -0.15) is 0 Å². The second kappa shape index (κ2) is 6.68. The molecule has 0 aliphatic carbocycles. The van der Waals surface area contributed by atoms with Crippen LogP contribution in [0.25, 0.3) is 11.3 Å². The number of carboxylic acid groups (broad SMARTS) is 1. The van der Waals surface area contributed by atoms with Crippen molar-refractivity contribution in [3.8, 4) is 11.3 Å². The number of aliphatic carboxylic acids is 1. The van der Waals surface area contributed by atoms with Crippen LogP contribution in [-0.2, 0) is 4.79 Å². The highest BCUT2D eigenvalue weighted by molar-refractivity contribution is 5.76. The Morgan fingerprint density at radius 2 is 1.92 bits per heavy atom. The highest BCUT2D eigenvalue weighted by Crippen LogP contribution is 2.42. The van der Waals surface area contributed by atoms with Gasteiger partial charge in [-0.3, -0.25) is 4.79 Å². The van der Waals surface area contributed by atoms with Crippen molar-refractivity contribution in [2.24, 2.45) is 5.41 Å². The molecule has 2 aliphatic heterocycles. The summed E-state index contributed by atoms with van der Waals surface area (Å²) in [6.07, 6.45) is 2.37. The normalized spacial score (nSPS) is 26.3. The maximum absolute atomic E-state index is 12.0. The number of likely N-dealkylation sites (tertiary alicyclic amines) is 1. The molecule has 2 fully saturated rings. The molecule has 3 heterocycles. The SMILES string of the molecule is CN1CCC[C@]2(C(=O)O)CCN(c3ccc(-c4ccccc4)nn3)C[C@@H]12. The van der Waals surface area contributed by atoms with Crippen molar-refractivity contribution in [2.75, 3.05) is 31.6 Å². The molecule has 0 radical (unpaired) electrons. The van der Waals surface area contributed by atoms with Crippen LogP contribution in [0.15, 0.2) is 42.5 Å². The highest BCUT2D eigenvalue weighted by atomic mass is 16.4. The summed E-state index contributed by atoms with van der Waals surface area (Å²) < 4.78 is 0. The van der Waals surface area contributed by atoms with Gasteiger partial charge in [-0.05, 0) is 45.0 Å². The van der Waals surface area contributed by atoms with E-state index in [1.165, 1.54) is 0 Å². The Balaban J connectivity index is 1.55. The van der Waals surface area contributed by atoms with E-state index in [-0.39, 0.29) is 6.04 Å². The van der Waals surface area contributed by atoms with E-state index < -0.39 is 11.4 Å². The number of carbonyl (C=O) groups is 1. The van der Waals surface area contributed by atoms with E-state index in [1.54, 1.807) is 0 Å². The molecular formula is C20H24N4O2. The van der Waals surface area contributed by atoms with Crippen LogP contribution in [-0.4, -0.2) is 58.9 Å². The molecule has 0 amide bonds. The van der Waals surface area contributed by atoms with E-state index in [0.717, 1.165) is 36.5 Å². The van der Waals surface area contributed by atoms with Gasteiger partial charge in [-0.15, -0.1) is 10.2 Å².